The van der Waals surface area contributed by atoms with Crippen molar-refractivity contribution in [1.82, 2.24) is 19.8 Å². The molecule has 28 heavy (non-hydrogen) atoms. The van der Waals surface area contributed by atoms with Gasteiger partial charge in [-0.25, -0.2) is 9.97 Å². The fraction of sp³-hybridized carbons (Fsp3) is 0.500. The molecule has 0 radical (unpaired) electrons. The van der Waals surface area contributed by atoms with Crippen LogP contribution in [0.4, 0.5) is 5.95 Å². The number of hydrogen-bond acceptors (Lipinski definition) is 5. The van der Waals surface area contributed by atoms with Crippen molar-refractivity contribution < 1.29 is 4.79 Å². The molecule has 6 heteroatoms. The highest BCUT2D eigenvalue weighted by molar-refractivity contribution is 5.78. The van der Waals surface area contributed by atoms with Crippen molar-refractivity contribution in [3.05, 3.63) is 54.4 Å². The van der Waals surface area contributed by atoms with Crippen LogP contribution in [0.15, 0.2) is 48.8 Å². The number of aromatic nitrogens is 2. The number of hydrogen-bond donors (Lipinski definition) is 0. The molecule has 2 aliphatic heterocycles. The summed E-state index contributed by atoms with van der Waals surface area (Å²) < 4.78 is 0. The lowest BCUT2D eigenvalue weighted by molar-refractivity contribution is -0.133. The summed E-state index contributed by atoms with van der Waals surface area (Å²) in [6.45, 7) is 5.84. The summed E-state index contributed by atoms with van der Waals surface area (Å²) in [6.07, 6.45) is 6.91. The van der Waals surface area contributed by atoms with E-state index >= 15 is 0 Å². The lowest BCUT2D eigenvalue weighted by Gasteiger charge is -2.37. The third-order valence-electron chi connectivity index (χ3n) is 5.90. The molecule has 0 atom stereocenters. The van der Waals surface area contributed by atoms with Crippen LogP contribution in [0.3, 0.4) is 0 Å². The lowest BCUT2D eigenvalue weighted by atomic mass is 9.90. The minimum atomic E-state index is 0.280. The molecular weight excluding hydrogens is 350 g/mol. The van der Waals surface area contributed by atoms with Crippen molar-refractivity contribution in [2.24, 2.45) is 5.92 Å². The van der Waals surface area contributed by atoms with Crippen molar-refractivity contribution >= 4 is 11.9 Å². The first-order valence-corrected chi connectivity index (χ1v) is 10.3. The SMILES string of the molecule is O=C(CN1CCN(c2ncccn2)CC1)N1CCC(Cc2ccccc2)CC1. The Morgan fingerprint density at radius 2 is 1.57 bits per heavy atom. The number of carbonyl (C=O) groups excluding carboxylic acids is 1. The fourth-order valence-corrected chi connectivity index (χ4v) is 4.19. The zero-order valence-corrected chi connectivity index (χ0v) is 16.4. The van der Waals surface area contributed by atoms with Gasteiger partial charge in [-0.1, -0.05) is 30.3 Å². The molecule has 2 fully saturated rings. The largest absolute Gasteiger partial charge is 0.342 e. The molecule has 0 N–H and O–H groups in total. The molecule has 0 spiro atoms. The zero-order chi connectivity index (χ0) is 19.2. The molecule has 6 nitrogen and oxygen atoms in total. The highest BCUT2D eigenvalue weighted by Gasteiger charge is 2.26. The van der Waals surface area contributed by atoms with E-state index in [1.165, 1.54) is 5.56 Å². The summed E-state index contributed by atoms with van der Waals surface area (Å²) in [5, 5.41) is 0. The van der Waals surface area contributed by atoms with Crippen LogP contribution >= 0.6 is 0 Å². The van der Waals surface area contributed by atoms with Gasteiger partial charge in [0.05, 0.1) is 6.54 Å². The molecular formula is C22H29N5O. The van der Waals surface area contributed by atoms with Crippen LogP contribution in [0.1, 0.15) is 18.4 Å². The first-order valence-electron chi connectivity index (χ1n) is 10.3. The van der Waals surface area contributed by atoms with E-state index in [1.54, 1.807) is 12.4 Å². The first-order chi connectivity index (χ1) is 13.8. The number of rotatable bonds is 5. The maximum atomic E-state index is 12.7. The molecule has 1 amide bonds. The van der Waals surface area contributed by atoms with E-state index in [0.717, 1.165) is 64.5 Å². The maximum Gasteiger partial charge on any atom is 0.236 e. The van der Waals surface area contributed by atoms with Crippen LogP contribution in [-0.4, -0.2) is 71.5 Å². The summed E-state index contributed by atoms with van der Waals surface area (Å²) in [5.74, 6) is 1.76. The Morgan fingerprint density at radius 1 is 0.893 bits per heavy atom. The summed E-state index contributed by atoms with van der Waals surface area (Å²) in [7, 11) is 0. The van der Waals surface area contributed by atoms with E-state index in [-0.39, 0.29) is 5.91 Å². The molecule has 2 saturated heterocycles. The van der Waals surface area contributed by atoms with Gasteiger partial charge in [-0.15, -0.1) is 0 Å². The molecule has 0 bridgehead atoms. The van der Waals surface area contributed by atoms with Gasteiger partial charge in [0.1, 0.15) is 0 Å². The Hall–Kier alpha value is -2.47. The average molecular weight is 380 g/mol. The molecule has 1 aromatic carbocycles. The van der Waals surface area contributed by atoms with Crippen LogP contribution < -0.4 is 4.90 Å². The molecule has 3 heterocycles. The molecule has 1 aromatic heterocycles. The number of piperidine rings is 1. The second-order valence-electron chi connectivity index (χ2n) is 7.83. The van der Waals surface area contributed by atoms with E-state index in [9.17, 15) is 4.79 Å². The first kappa shape index (κ1) is 18.9. The third kappa shape index (κ3) is 4.87. The van der Waals surface area contributed by atoms with E-state index < -0.39 is 0 Å². The van der Waals surface area contributed by atoms with Gasteiger partial charge in [-0.05, 0) is 36.8 Å². The molecule has 2 aliphatic rings. The normalized spacial score (nSPS) is 19.0. The van der Waals surface area contributed by atoms with Crippen molar-refractivity contribution in [3.8, 4) is 0 Å². The monoisotopic (exact) mass is 379 g/mol. The summed E-state index contributed by atoms with van der Waals surface area (Å²) in [4.78, 5) is 27.9. The number of benzene rings is 1. The van der Waals surface area contributed by atoms with Gasteiger partial charge in [0.25, 0.3) is 0 Å². The van der Waals surface area contributed by atoms with Crippen LogP contribution in [0, 0.1) is 5.92 Å². The Balaban J connectivity index is 1.19. The minimum absolute atomic E-state index is 0.280. The summed E-state index contributed by atoms with van der Waals surface area (Å²) in [5.41, 5.74) is 1.41. The smallest absolute Gasteiger partial charge is 0.236 e. The number of anilines is 1. The Kier molecular flexibility index (Phi) is 6.17. The van der Waals surface area contributed by atoms with Crippen LogP contribution in [0.2, 0.25) is 0 Å². The highest BCUT2D eigenvalue weighted by atomic mass is 16.2. The minimum Gasteiger partial charge on any atom is -0.342 e. The zero-order valence-electron chi connectivity index (χ0n) is 16.4. The van der Waals surface area contributed by atoms with Gasteiger partial charge in [0.2, 0.25) is 11.9 Å². The number of likely N-dealkylation sites (tertiary alicyclic amines) is 1. The van der Waals surface area contributed by atoms with Gasteiger partial charge in [0, 0.05) is 51.7 Å². The van der Waals surface area contributed by atoms with Crippen molar-refractivity contribution in [2.45, 2.75) is 19.3 Å². The fourth-order valence-electron chi connectivity index (χ4n) is 4.19. The quantitative estimate of drug-likeness (QED) is 0.796. The average Bonchev–Trinajstić information content (AvgIpc) is 2.76. The number of piperazine rings is 1. The van der Waals surface area contributed by atoms with Gasteiger partial charge >= 0.3 is 0 Å². The van der Waals surface area contributed by atoms with Crippen LogP contribution in [0.25, 0.3) is 0 Å². The molecule has 0 saturated carbocycles. The Morgan fingerprint density at radius 3 is 2.25 bits per heavy atom. The summed E-state index contributed by atoms with van der Waals surface area (Å²) >= 11 is 0. The van der Waals surface area contributed by atoms with Gasteiger partial charge in [0.15, 0.2) is 0 Å². The number of nitrogens with zero attached hydrogens (tertiary/aromatic N) is 5. The maximum absolute atomic E-state index is 12.7. The van der Waals surface area contributed by atoms with E-state index in [4.69, 9.17) is 0 Å². The van der Waals surface area contributed by atoms with Gasteiger partial charge < -0.3 is 9.80 Å². The second-order valence-corrected chi connectivity index (χ2v) is 7.83. The van der Waals surface area contributed by atoms with Crippen molar-refractivity contribution in [3.63, 3.8) is 0 Å². The molecule has 148 valence electrons. The van der Waals surface area contributed by atoms with Crippen LogP contribution in [0.5, 0.6) is 0 Å². The number of carbonyl (C=O) groups is 1. The lowest BCUT2D eigenvalue weighted by Crippen LogP contribution is -2.51. The van der Waals surface area contributed by atoms with Crippen molar-refractivity contribution in [1.29, 1.82) is 0 Å². The molecule has 0 unspecified atom stereocenters. The van der Waals surface area contributed by atoms with Crippen LogP contribution in [-0.2, 0) is 11.2 Å². The topological polar surface area (TPSA) is 52.6 Å². The second kappa shape index (κ2) is 9.15. The third-order valence-corrected chi connectivity index (χ3v) is 5.90. The Labute approximate surface area is 167 Å². The molecule has 0 aliphatic carbocycles. The van der Waals surface area contributed by atoms with Gasteiger partial charge in [-0.3, -0.25) is 9.69 Å². The highest BCUT2D eigenvalue weighted by Crippen LogP contribution is 2.22. The summed E-state index contributed by atoms with van der Waals surface area (Å²) in [6, 6.07) is 12.5. The van der Waals surface area contributed by atoms with Gasteiger partial charge in [-0.2, -0.15) is 0 Å². The van der Waals surface area contributed by atoms with E-state index in [2.05, 4.69) is 55.0 Å². The number of amides is 1. The van der Waals surface area contributed by atoms with E-state index in [1.807, 2.05) is 6.07 Å². The predicted molar refractivity (Wildman–Crippen MR) is 110 cm³/mol. The molecule has 2 aromatic rings. The predicted octanol–water partition coefficient (Wildman–Crippen LogP) is 2.08. The standard InChI is InChI=1S/C22H29N5O/c28-21(18-25-13-15-27(16-14-25)22-23-9-4-10-24-22)26-11-7-20(8-12-26)17-19-5-2-1-3-6-19/h1-6,9-10,20H,7-8,11-18H2. The molecule has 4 rings (SSSR count). The Bertz CT molecular complexity index is 738. The van der Waals surface area contributed by atoms with Crippen molar-refractivity contribution in [2.75, 3.05) is 50.7 Å². The van der Waals surface area contributed by atoms with E-state index in [0.29, 0.717) is 12.5 Å².